The van der Waals surface area contributed by atoms with Gasteiger partial charge in [-0.25, -0.2) is 8.42 Å². The average Bonchev–Trinajstić information content (AvgIpc) is 2.95. The number of ether oxygens (including phenoxy) is 1. The quantitative estimate of drug-likeness (QED) is 0.201. The predicted octanol–water partition coefficient (Wildman–Crippen LogP) is 4.30. The summed E-state index contributed by atoms with van der Waals surface area (Å²) < 4.78 is 32.9. The van der Waals surface area contributed by atoms with Gasteiger partial charge in [0.15, 0.2) is 0 Å². The van der Waals surface area contributed by atoms with Gasteiger partial charge in [-0.15, -0.1) is 0 Å². The van der Waals surface area contributed by atoms with Gasteiger partial charge in [0.1, 0.15) is 24.0 Å². The lowest BCUT2D eigenvalue weighted by molar-refractivity contribution is -0.384. The fourth-order valence-electron chi connectivity index (χ4n) is 4.33. The van der Waals surface area contributed by atoms with E-state index in [1.807, 2.05) is 49.4 Å². The largest absolute Gasteiger partial charge is 0.495 e. The summed E-state index contributed by atoms with van der Waals surface area (Å²) in [6.07, 6.45) is 1.75. The predicted molar refractivity (Wildman–Crippen MR) is 164 cm³/mol. The van der Waals surface area contributed by atoms with Gasteiger partial charge in [-0.3, -0.25) is 24.0 Å². The molecule has 0 saturated heterocycles. The molecule has 224 valence electrons. The monoisotopic (exact) mass is 660 g/mol. The van der Waals surface area contributed by atoms with E-state index in [4.69, 9.17) is 4.74 Å². The molecule has 0 aliphatic carbocycles. The van der Waals surface area contributed by atoms with Gasteiger partial charge in [-0.1, -0.05) is 65.3 Å². The Hall–Kier alpha value is -3.97. The first-order valence-corrected chi connectivity index (χ1v) is 15.7. The number of non-ortho nitro benzene ring substituents is 1. The van der Waals surface area contributed by atoms with Crippen LogP contribution in [0.2, 0.25) is 0 Å². The highest BCUT2D eigenvalue weighted by atomic mass is 79.9. The van der Waals surface area contributed by atoms with E-state index in [-0.39, 0.29) is 36.0 Å². The van der Waals surface area contributed by atoms with E-state index in [1.165, 1.54) is 24.1 Å². The lowest BCUT2D eigenvalue weighted by Crippen LogP contribution is -2.53. The number of hydrogen-bond donors (Lipinski definition) is 1. The number of anilines is 1. The van der Waals surface area contributed by atoms with E-state index in [1.54, 1.807) is 12.1 Å². The van der Waals surface area contributed by atoms with Crippen molar-refractivity contribution in [2.75, 3.05) is 30.8 Å². The van der Waals surface area contributed by atoms with Crippen molar-refractivity contribution in [2.45, 2.75) is 32.4 Å². The molecule has 3 aromatic rings. The second kappa shape index (κ2) is 14.8. The third kappa shape index (κ3) is 8.76. The Labute approximate surface area is 253 Å². The van der Waals surface area contributed by atoms with Crippen LogP contribution in [-0.2, 0) is 32.6 Å². The van der Waals surface area contributed by atoms with Crippen molar-refractivity contribution in [1.29, 1.82) is 0 Å². The summed E-state index contributed by atoms with van der Waals surface area (Å²) in [6, 6.07) is 18.9. The maximum Gasteiger partial charge on any atom is 0.271 e. The van der Waals surface area contributed by atoms with Crippen molar-refractivity contribution >= 4 is 49.1 Å². The molecule has 0 radical (unpaired) electrons. The first-order chi connectivity index (χ1) is 19.9. The summed E-state index contributed by atoms with van der Waals surface area (Å²) in [5.74, 6) is -1.04. The molecule has 0 aliphatic rings. The van der Waals surface area contributed by atoms with E-state index in [0.717, 1.165) is 26.7 Å². The highest BCUT2D eigenvalue weighted by Gasteiger charge is 2.34. The lowest BCUT2D eigenvalue weighted by atomic mass is 10.0. The molecule has 1 atom stereocenters. The Morgan fingerprint density at radius 3 is 2.33 bits per heavy atom. The third-order valence-electron chi connectivity index (χ3n) is 6.38. The highest BCUT2D eigenvalue weighted by Crippen LogP contribution is 2.34. The molecule has 3 rings (SSSR count). The van der Waals surface area contributed by atoms with Gasteiger partial charge in [0.05, 0.1) is 18.3 Å². The zero-order valence-corrected chi connectivity index (χ0v) is 25.9. The van der Waals surface area contributed by atoms with Crippen LogP contribution in [0.4, 0.5) is 11.4 Å². The van der Waals surface area contributed by atoms with Crippen molar-refractivity contribution in [3.63, 3.8) is 0 Å². The Balaban J connectivity index is 2.12. The number of methoxy groups -OCH3 is 1. The number of nitro groups is 1. The Kier molecular flexibility index (Phi) is 11.5. The molecule has 2 amide bonds. The number of benzene rings is 3. The van der Waals surface area contributed by atoms with Gasteiger partial charge >= 0.3 is 0 Å². The molecule has 0 spiro atoms. The van der Waals surface area contributed by atoms with Crippen LogP contribution in [-0.4, -0.2) is 62.6 Å². The number of hydrogen-bond acceptors (Lipinski definition) is 7. The Bertz CT molecular complexity index is 1520. The van der Waals surface area contributed by atoms with E-state index in [2.05, 4.69) is 21.2 Å². The van der Waals surface area contributed by atoms with E-state index in [9.17, 15) is 28.1 Å². The van der Waals surface area contributed by atoms with Gasteiger partial charge in [-0.05, 0) is 35.7 Å². The Morgan fingerprint density at radius 2 is 1.74 bits per heavy atom. The zero-order chi connectivity index (χ0) is 30.9. The average molecular weight is 662 g/mol. The topological polar surface area (TPSA) is 139 Å². The number of amides is 2. The summed E-state index contributed by atoms with van der Waals surface area (Å²) in [5, 5.41) is 14.4. The van der Waals surface area contributed by atoms with Gasteiger partial charge < -0.3 is 15.0 Å². The van der Waals surface area contributed by atoms with Crippen molar-refractivity contribution in [1.82, 2.24) is 10.2 Å². The van der Waals surface area contributed by atoms with Crippen molar-refractivity contribution in [3.05, 3.63) is 98.5 Å². The molecule has 42 heavy (non-hydrogen) atoms. The number of nitro benzene ring substituents is 1. The minimum Gasteiger partial charge on any atom is -0.495 e. The molecule has 1 N–H and O–H groups in total. The summed E-state index contributed by atoms with van der Waals surface area (Å²) in [5.41, 5.74) is 0.971. The molecule has 3 aromatic carbocycles. The van der Waals surface area contributed by atoms with Gasteiger partial charge in [0, 0.05) is 36.1 Å². The van der Waals surface area contributed by atoms with Crippen LogP contribution < -0.4 is 14.4 Å². The summed E-state index contributed by atoms with van der Waals surface area (Å²) in [7, 11) is -2.85. The first-order valence-electron chi connectivity index (χ1n) is 13.1. The number of carbonyl (C=O) groups excluding carboxylic acids is 2. The fraction of sp³-hybridized carbons (Fsp3) is 0.310. The molecular weight excluding hydrogens is 628 g/mol. The molecule has 0 aliphatic heterocycles. The number of halogens is 1. The van der Waals surface area contributed by atoms with Crippen LogP contribution in [0.3, 0.4) is 0 Å². The molecule has 0 heterocycles. The molecule has 0 bridgehead atoms. The van der Waals surface area contributed by atoms with Crippen molar-refractivity contribution < 1.29 is 27.7 Å². The maximum atomic E-state index is 14.1. The van der Waals surface area contributed by atoms with E-state index in [0.29, 0.717) is 18.5 Å². The molecule has 13 heteroatoms. The number of nitrogens with zero attached hydrogens (tertiary/aromatic N) is 3. The minimum absolute atomic E-state index is 0.000999. The van der Waals surface area contributed by atoms with Crippen molar-refractivity contribution in [3.8, 4) is 5.75 Å². The lowest BCUT2D eigenvalue weighted by Gasteiger charge is -2.33. The molecule has 11 nitrogen and oxygen atoms in total. The summed E-state index contributed by atoms with van der Waals surface area (Å²) in [6.45, 7) is 1.58. The maximum absolute atomic E-state index is 14.1. The van der Waals surface area contributed by atoms with Crippen LogP contribution in [0.1, 0.15) is 24.5 Å². The highest BCUT2D eigenvalue weighted by molar-refractivity contribution is 9.10. The van der Waals surface area contributed by atoms with Crippen LogP contribution in [0.15, 0.2) is 77.3 Å². The van der Waals surface area contributed by atoms with Crippen LogP contribution in [0.25, 0.3) is 0 Å². The molecule has 0 fully saturated rings. The normalized spacial score (nSPS) is 11.8. The fourth-order valence-corrected chi connectivity index (χ4v) is 5.63. The number of nitrogens with one attached hydrogen (secondary N) is 1. The zero-order valence-electron chi connectivity index (χ0n) is 23.5. The van der Waals surface area contributed by atoms with Gasteiger partial charge in [-0.2, -0.15) is 0 Å². The summed E-state index contributed by atoms with van der Waals surface area (Å²) >= 11 is 3.44. The standard InChI is InChI=1S/C29H33BrN4O7S/c1-4-15-31-29(36)26(17-21-9-6-5-7-10-21)32(19-22-11-8-12-23(30)16-22)28(35)20-33(42(3,39)40)25-18-24(34(37)38)13-14-27(25)41-2/h5-14,16,18,26H,4,15,17,19-20H2,1-3H3,(H,31,36). The van der Waals surface area contributed by atoms with Crippen LogP contribution in [0, 0.1) is 10.1 Å². The number of rotatable bonds is 14. The van der Waals surface area contributed by atoms with Gasteiger partial charge in [0.2, 0.25) is 21.8 Å². The number of sulfonamides is 1. The van der Waals surface area contributed by atoms with Gasteiger partial charge in [0.25, 0.3) is 5.69 Å². The second-order valence-corrected chi connectivity index (χ2v) is 12.4. The SMILES string of the molecule is CCCNC(=O)C(Cc1ccccc1)N(Cc1cccc(Br)c1)C(=O)CN(c1cc([N+](=O)[O-])ccc1OC)S(C)(=O)=O. The molecule has 0 saturated carbocycles. The molecule has 0 aromatic heterocycles. The second-order valence-electron chi connectivity index (χ2n) is 9.53. The van der Waals surface area contributed by atoms with E-state index < -0.39 is 33.4 Å². The van der Waals surface area contributed by atoms with E-state index >= 15 is 0 Å². The smallest absolute Gasteiger partial charge is 0.271 e. The minimum atomic E-state index is -4.15. The Morgan fingerprint density at radius 1 is 1.05 bits per heavy atom. The first kappa shape index (κ1) is 32.5. The van der Waals surface area contributed by atoms with Crippen LogP contribution >= 0.6 is 15.9 Å². The molecule has 1 unspecified atom stereocenters. The number of carbonyl (C=O) groups is 2. The molecular formula is C29H33BrN4O7S. The summed E-state index contributed by atoms with van der Waals surface area (Å²) in [4.78, 5) is 39.9. The van der Waals surface area contributed by atoms with Crippen LogP contribution in [0.5, 0.6) is 5.75 Å². The third-order valence-corrected chi connectivity index (χ3v) is 8.00. The van der Waals surface area contributed by atoms with Crippen molar-refractivity contribution in [2.24, 2.45) is 0 Å².